The van der Waals surface area contributed by atoms with Gasteiger partial charge in [-0.25, -0.2) is 0 Å². The van der Waals surface area contributed by atoms with Crippen LogP contribution in [0.5, 0.6) is 0 Å². The molecule has 2 aromatic carbocycles. The predicted octanol–water partition coefficient (Wildman–Crippen LogP) is 0.957. The molecule has 0 saturated carbocycles. The molecule has 1 nitrogen and oxygen atoms in total. The van der Waals surface area contributed by atoms with Crippen LogP contribution in [0.1, 0.15) is 18.5 Å². The molecule has 0 radical (unpaired) electrons. The van der Waals surface area contributed by atoms with Crippen molar-refractivity contribution in [1.29, 1.82) is 0 Å². The van der Waals surface area contributed by atoms with Gasteiger partial charge >= 0.3 is 18.9 Å². The van der Waals surface area contributed by atoms with E-state index in [4.69, 9.17) is 5.73 Å². The third kappa shape index (κ3) is 2.01. The van der Waals surface area contributed by atoms with Crippen molar-refractivity contribution in [2.75, 3.05) is 0 Å². The normalized spacial score (nSPS) is 12.1. The van der Waals surface area contributed by atoms with Crippen LogP contribution < -0.4 is 18.9 Å². The molecule has 14 heavy (non-hydrogen) atoms. The van der Waals surface area contributed by atoms with Crippen molar-refractivity contribution in [3.05, 3.63) is 53.8 Å². The van der Waals surface area contributed by atoms with Crippen molar-refractivity contribution in [2.24, 2.45) is 0 Å². The minimum atomic E-state index is -0.147. The zero-order valence-electron chi connectivity index (χ0n) is 8.62. The third-order valence-corrected chi connectivity index (χ3v) is 2.29. The first-order chi connectivity index (χ1) is 6.29. The van der Waals surface area contributed by atoms with Crippen molar-refractivity contribution in [1.82, 2.24) is 0 Å². The standard InChI is InChI=1S/C12H12N.Li/c1-9(13)11-8-4-6-10-5-2-3-7-12(10)11;/h2-9,13H,1H3;/q-1;+1/t9-;/m0./s1. The van der Waals surface area contributed by atoms with Crippen LogP contribution in [0.3, 0.4) is 0 Å². The Morgan fingerprint density at radius 2 is 1.64 bits per heavy atom. The van der Waals surface area contributed by atoms with Crippen LogP contribution in [0.4, 0.5) is 0 Å². The molecule has 0 unspecified atom stereocenters. The molecule has 0 fully saturated rings. The topological polar surface area (TPSA) is 23.8 Å². The third-order valence-electron chi connectivity index (χ3n) is 2.29. The average Bonchev–Trinajstić information content (AvgIpc) is 2.17. The van der Waals surface area contributed by atoms with Gasteiger partial charge in [0.05, 0.1) is 0 Å². The predicted molar refractivity (Wildman–Crippen MR) is 56.7 cm³/mol. The molecule has 0 bridgehead atoms. The van der Waals surface area contributed by atoms with E-state index in [0.29, 0.717) is 0 Å². The van der Waals surface area contributed by atoms with E-state index in [-0.39, 0.29) is 24.9 Å². The van der Waals surface area contributed by atoms with Gasteiger partial charge in [0.2, 0.25) is 0 Å². The first-order valence-corrected chi connectivity index (χ1v) is 4.48. The Balaban J connectivity index is 0.000000980. The number of benzene rings is 2. The second-order valence-electron chi connectivity index (χ2n) is 3.29. The molecule has 66 valence electrons. The Labute approximate surface area is 96.5 Å². The number of hydrogen-bond donors (Lipinski definition) is 0. The van der Waals surface area contributed by atoms with Crippen LogP contribution in [0, 0.1) is 0 Å². The minimum absolute atomic E-state index is 0. The van der Waals surface area contributed by atoms with Gasteiger partial charge in [0, 0.05) is 0 Å². The van der Waals surface area contributed by atoms with Crippen molar-refractivity contribution in [2.45, 2.75) is 13.0 Å². The maximum Gasteiger partial charge on any atom is 1.00 e. The average molecular weight is 177 g/mol. The SMILES string of the molecule is C[C@H]([NH-])c1cccc2ccccc12.[Li+]. The molecule has 0 aliphatic heterocycles. The molecule has 2 rings (SSSR count). The first-order valence-electron chi connectivity index (χ1n) is 4.48. The molecule has 0 aliphatic rings. The fourth-order valence-electron chi connectivity index (χ4n) is 1.63. The summed E-state index contributed by atoms with van der Waals surface area (Å²) in [5.41, 5.74) is 8.81. The quantitative estimate of drug-likeness (QED) is 0.579. The van der Waals surface area contributed by atoms with Crippen molar-refractivity contribution >= 4 is 10.8 Å². The molecule has 0 aromatic heterocycles. The first kappa shape index (κ1) is 11.3. The van der Waals surface area contributed by atoms with E-state index in [0.717, 1.165) is 5.56 Å². The van der Waals surface area contributed by atoms with Crippen molar-refractivity contribution in [3.63, 3.8) is 0 Å². The van der Waals surface area contributed by atoms with Gasteiger partial charge in [0.1, 0.15) is 0 Å². The van der Waals surface area contributed by atoms with Gasteiger partial charge < -0.3 is 5.73 Å². The summed E-state index contributed by atoms with van der Waals surface area (Å²) in [5.74, 6) is 0. The van der Waals surface area contributed by atoms with E-state index >= 15 is 0 Å². The van der Waals surface area contributed by atoms with Gasteiger partial charge in [-0.05, 0) is 10.8 Å². The summed E-state index contributed by atoms with van der Waals surface area (Å²) in [6.07, 6.45) is 0. The Hall–Kier alpha value is -0.743. The Morgan fingerprint density at radius 3 is 2.36 bits per heavy atom. The van der Waals surface area contributed by atoms with E-state index in [1.165, 1.54) is 10.8 Å². The number of fused-ring (bicyclic) bond motifs is 1. The van der Waals surface area contributed by atoms with Crippen molar-refractivity contribution in [3.8, 4) is 0 Å². The van der Waals surface area contributed by atoms with Gasteiger partial charge in [0.25, 0.3) is 0 Å². The smallest absolute Gasteiger partial charge is 0.671 e. The molecule has 0 spiro atoms. The molecule has 0 aliphatic carbocycles. The van der Waals surface area contributed by atoms with Gasteiger partial charge in [-0.3, -0.25) is 0 Å². The number of nitrogens with one attached hydrogen (secondary N) is 1. The molecule has 1 atom stereocenters. The maximum absolute atomic E-state index is 7.70. The monoisotopic (exact) mass is 177 g/mol. The summed E-state index contributed by atoms with van der Waals surface area (Å²) >= 11 is 0. The molecule has 0 saturated heterocycles. The summed E-state index contributed by atoms with van der Waals surface area (Å²) in [6.45, 7) is 1.90. The van der Waals surface area contributed by atoms with Gasteiger partial charge in [-0.15, -0.1) is 6.04 Å². The summed E-state index contributed by atoms with van der Waals surface area (Å²) in [6, 6.07) is 14.2. The van der Waals surface area contributed by atoms with Gasteiger partial charge in [0.15, 0.2) is 0 Å². The molecular weight excluding hydrogens is 165 g/mol. The maximum atomic E-state index is 7.70. The van der Waals surface area contributed by atoms with E-state index in [1.54, 1.807) is 0 Å². The second kappa shape index (κ2) is 4.66. The summed E-state index contributed by atoms with van der Waals surface area (Å²) in [4.78, 5) is 0. The zero-order chi connectivity index (χ0) is 9.26. The summed E-state index contributed by atoms with van der Waals surface area (Å²) in [5, 5.41) is 2.42. The Kier molecular flexibility index (Phi) is 3.77. The second-order valence-corrected chi connectivity index (χ2v) is 3.29. The fourth-order valence-corrected chi connectivity index (χ4v) is 1.63. The van der Waals surface area contributed by atoms with Crippen LogP contribution >= 0.6 is 0 Å². The molecule has 2 heteroatoms. The molecular formula is C12H12LiN. The van der Waals surface area contributed by atoms with Crippen LogP contribution in [0.25, 0.3) is 16.5 Å². The molecule has 0 amide bonds. The Bertz CT molecular complexity index is 418. The number of hydrogen-bond acceptors (Lipinski definition) is 0. The van der Waals surface area contributed by atoms with Crippen molar-refractivity contribution < 1.29 is 18.9 Å². The van der Waals surface area contributed by atoms with E-state index in [9.17, 15) is 0 Å². The molecule has 1 N–H and O–H groups in total. The summed E-state index contributed by atoms with van der Waals surface area (Å²) < 4.78 is 0. The van der Waals surface area contributed by atoms with Gasteiger partial charge in [-0.1, -0.05) is 55.0 Å². The largest absolute Gasteiger partial charge is 1.00 e. The van der Waals surface area contributed by atoms with E-state index in [2.05, 4.69) is 18.2 Å². The van der Waals surface area contributed by atoms with Crippen LogP contribution in [0.2, 0.25) is 0 Å². The zero-order valence-corrected chi connectivity index (χ0v) is 8.62. The van der Waals surface area contributed by atoms with Crippen LogP contribution in [-0.2, 0) is 0 Å². The van der Waals surface area contributed by atoms with E-state index in [1.807, 2.05) is 31.2 Å². The molecule has 2 aromatic rings. The van der Waals surface area contributed by atoms with E-state index < -0.39 is 0 Å². The molecule has 0 heterocycles. The van der Waals surface area contributed by atoms with Crippen LogP contribution in [-0.4, -0.2) is 0 Å². The Morgan fingerprint density at radius 1 is 1.00 bits per heavy atom. The summed E-state index contributed by atoms with van der Waals surface area (Å²) in [7, 11) is 0. The minimum Gasteiger partial charge on any atom is -0.671 e. The van der Waals surface area contributed by atoms with Crippen LogP contribution in [0.15, 0.2) is 42.5 Å². The fraction of sp³-hybridized carbons (Fsp3) is 0.167. The number of rotatable bonds is 1. The van der Waals surface area contributed by atoms with Gasteiger partial charge in [-0.2, -0.15) is 0 Å².